The fourth-order valence-electron chi connectivity index (χ4n) is 5.26. The summed E-state index contributed by atoms with van der Waals surface area (Å²) in [6, 6.07) is -0.185. The number of rotatable bonds is 5. The summed E-state index contributed by atoms with van der Waals surface area (Å²) in [7, 11) is 0. The van der Waals surface area contributed by atoms with E-state index in [1.165, 1.54) is 0 Å². The number of hydrogen-bond donors (Lipinski definition) is 3. The first-order valence-electron chi connectivity index (χ1n) is 13.0. The number of aliphatic imine (C=N–C) groups is 2. The summed E-state index contributed by atoms with van der Waals surface area (Å²) in [6.45, 7) is 7.41. The fourth-order valence-corrected chi connectivity index (χ4v) is 6.47. The standard InChI is InChI=1S/C27H33N7O3S/c1-4-28-25(37)33-26-32-21-12-17(11-19(22(21)38-26)20-7-5-6-9-29-20)18-13-30-24(31-14-18)34-10-8-27(3,23(35)36)16(2)15-34/h5-6,9,11-14,16,19-20,22H,4,7-8,10,15H2,1-3H3,(H,35,36)(H2,28,32,33,37). The van der Waals surface area contributed by atoms with Crippen molar-refractivity contribution in [3.63, 3.8) is 0 Å². The summed E-state index contributed by atoms with van der Waals surface area (Å²) in [5.41, 5.74) is 2.02. The van der Waals surface area contributed by atoms with Crippen LogP contribution >= 0.6 is 11.8 Å². The van der Waals surface area contributed by atoms with Gasteiger partial charge in [0.05, 0.1) is 22.4 Å². The molecule has 3 N–H and O–H groups in total. The highest BCUT2D eigenvalue weighted by molar-refractivity contribution is 8.14. The fraction of sp³-hybridized carbons (Fsp3) is 0.481. The molecule has 1 aliphatic carbocycles. The Morgan fingerprint density at radius 1 is 1.29 bits per heavy atom. The number of fused-ring (bicyclic) bond motifs is 1. The zero-order chi connectivity index (χ0) is 26.9. The van der Waals surface area contributed by atoms with Crippen molar-refractivity contribution >= 4 is 46.7 Å². The van der Waals surface area contributed by atoms with Crippen LogP contribution < -0.4 is 15.5 Å². The molecule has 0 radical (unpaired) electrons. The average Bonchev–Trinajstić information content (AvgIpc) is 3.32. The van der Waals surface area contributed by atoms with Crippen molar-refractivity contribution < 1.29 is 14.7 Å². The minimum absolute atomic E-state index is 0.0226. The molecule has 4 aliphatic rings. The summed E-state index contributed by atoms with van der Waals surface area (Å²) in [5.74, 6) is -0.0762. The highest BCUT2D eigenvalue weighted by atomic mass is 32.2. The third-order valence-corrected chi connectivity index (χ3v) is 9.12. The molecule has 11 heteroatoms. The van der Waals surface area contributed by atoms with Gasteiger partial charge in [0.15, 0.2) is 5.17 Å². The number of dihydropyridines is 1. The van der Waals surface area contributed by atoms with E-state index in [1.807, 2.05) is 51.5 Å². The molecular weight excluding hydrogens is 502 g/mol. The summed E-state index contributed by atoms with van der Waals surface area (Å²) < 4.78 is 0. The molecule has 5 unspecified atom stereocenters. The lowest BCUT2D eigenvalue weighted by Crippen LogP contribution is -2.49. The van der Waals surface area contributed by atoms with E-state index in [-0.39, 0.29) is 29.2 Å². The van der Waals surface area contributed by atoms with Crippen molar-refractivity contribution in [2.45, 2.75) is 44.9 Å². The summed E-state index contributed by atoms with van der Waals surface area (Å²) in [6.07, 6.45) is 15.2. The number of carboxylic acids is 1. The van der Waals surface area contributed by atoms with E-state index in [9.17, 15) is 14.7 Å². The first-order chi connectivity index (χ1) is 18.3. The van der Waals surface area contributed by atoms with E-state index in [1.54, 1.807) is 11.8 Å². The highest BCUT2D eigenvalue weighted by Crippen LogP contribution is 2.44. The molecule has 2 amide bonds. The molecule has 0 saturated carbocycles. The second kappa shape index (κ2) is 10.7. The van der Waals surface area contributed by atoms with Gasteiger partial charge in [-0.15, -0.1) is 0 Å². The molecule has 1 aromatic heterocycles. The number of allylic oxidation sites excluding steroid dienone is 3. The molecule has 0 bridgehead atoms. The van der Waals surface area contributed by atoms with Crippen molar-refractivity contribution in [3.8, 4) is 0 Å². The van der Waals surface area contributed by atoms with Crippen molar-refractivity contribution in [1.82, 2.24) is 20.6 Å². The monoisotopic (exact) mass is 535 g/mol. The highest BCUT2D eigenvalue weighted by Gasteiger charge is 2.43. The van der Waals surface area contributed by atoms with Gasteiger partial charge in [0.2, 0.25) is 5.95 Å². The van der Waals surface area contributed by atoms with Crippen LogP contribution in [0.2, 0.25) is 0 Å². The number of amides is 2. The van der Waals surface area contributed by atoms with E-state index in [0.29, 0.717) is 37.2 Å². The normalized spacial score (nSPS) is 30.2. The summed E-state index contributed by atoms with van der Waals surface area (Å²) in [5, 5.41) is 15.9. The van der Waals surface area contributed by atoms with Gasteiger partial charge in [-0.05, 0) is 50.3 Å². The zero-order valence-corrected chi connectivity index (χ0v) is 22.6. The van der Waals surface area contributed by atoms with Crippen molar-refractivity contribution in [2.24, 2.45) is 27.2 Å². The molecule has 0 aromatic carbocycles. The number of anilines is 1. The lowest BCUT2D eigenvalue weighted by molar-refractivity contribution is -0.152. The molecule has 1 aromatic rings. The number of nitrogens with zero attached hydrogens (tertiary/aromatic N) is 5. The molecule has 1 saturated heterocycles. The maximum atomic E-state index is 12.1. The first-order valence-corrected chi connectivity index (χ1v) is 13.9. The zero-order valence-electron chi connectivity index (χ0n) is 21.8. The van der Waals surface area contributed by atoms with Gasteiger partial charge in [0.25, 0.3) is 0 Å². The van der Waals surface area contributed by atoms with Gasteiger partial charge in [0.1, 0.15) is 0 Å². The van der Waals surface area contributed by atoms with E-state index in [0.717, 1.165) is 23.3 Å². The first kappa shape index (κ1) is 26.1. The maximum absolute atomic E-state index is 12.1. The quantitative estimate of drug-likeness (QED) is 0.526. The van der Waals surface area contributed by atoms with Crippen LogP contribution in [0.25, 0.3) is 5.57 Å². The van der Waals surface area contributed by atoms with Crippen molar-refractivity contribution in [1.29, 1.82) is 0 Å². The number of aromatic nitrogens is 2. The van der Waals surface area contributed by atoms with Crippen LogP contribution in [0.1, 0.15) is 39.2 Å². The predicted molar refractivity (Wildman–Crippen MR) is 150 cm³/mol. The number of nitrogens with one attached hydrogen (secondary N) is 2. The lowest BCUT2D eigenvalue weighted by Gasteiger charge is -2.41. The van der Waals surface area contributed by atoms with E-state index in [2.05, 4.69) is 37.7 Å². The minimum Gasteiger partial charge on any atom is -0.481 e. The minimum atomic E-state index is -0.749. The number of hydrogen-bond acceptors (Lipinski definition) is 8. The van der Waals surface area contributed by atoms with Crippen molar-refractivity contribution in [2.75, 3.05) is 24.5 Å². The van der Waals surface area contributed by atoms with Gasteiger partial charge >= 0.3 is 12.0 Å². The molecule has 1 fully saturated rings. The van der Waals surface area contributed by atoms with Crippen LogP contribution in [0.5, 0.6) is 0 Å². The molecule has 5 rings (SSSR count). The van der Waals surface area contributed by atoms with Crippen LogP contribution in [0.15, 0.2) is 52.4 Å². The van der Waals surface area contributed by atoms with Gasteiger partial charge in [-0.3, -0.25) is 15.1 Å². The van der Waals surface area contributed by atoms with Gasteiger partial charge in [-0.25, -0.2) is 19.8 Å². The number of piperidine rings is 1. The summed E-state index contributed by atoms with van der Waals surface area (Å²) >= 11 is 1.56. The Labute approximate surface area is 226 Å². The van der Waals surface area contributed by atoms with E-state index in [4.69, 9.17) is 9.98 Å². The van der Waals surface area contributed by atoms with Gasteiger partial charge in [0, 0.05) is 49.7 Å². The topological polar surface area (TPSA) is 132 Å². The Morgan fingerprint density at radius 3 is 2.74 bits per heavy atom. The smallest absolute Gasteiger partial charge is 0.320 e. The van der Waals surface area contributed by atoms with Gasteiger partial charge < -0.3 is 15.3 Å². The molecule has 4 heterocycles. The molecule has 3 aliphatic heterocycles. The average molecular weight is 536 g/mol. The van der Waals surface area contributed by atoms with Gasteiger partial charge in [-0.1, -0.05) is 30.8 Å². The number of amidine groups is 1. The number of carbonyl (C=O) groups excluding carboxylic acids is 1. The SMILES string of the molecule is CCNC(=O)NC1=NC2=CC(c3cnc(N4CCC(C)(C(=O)O)C(C)C4)nc3)=CC(C3CC=CC=N3)C2S1. The number of aliphatic carboxylic acids is 1. The Kier molecular flexibility index (Phi) is 7.38. The predicted octanol–water partition coefficient (Wildman–Crippen LogP) is 3.50. The third-order valence-electron chi connectivity index (χ3n) is 7.89. The van der Waals surface area contributed by atoms with Crippen LogP contribution in [0.4, 0.5) is 10.7 Å². The Morgan fingerprint density at radius 2 is 2.08 bits per heavy atom. The second-order valence-corrected chi connectivity index (χ2v) is 11.5. The number of carbonyl (C=O) groups is 2. The van der Waals surface area contributed by atoms with Crippen LogP contribution in [-0.4, -0.2) is 69.4 Å². The second-order valence-electron chi connectivity index (χ2n) is 10.3. The molecule has 10 nitrogen and oxygen atoms in total. The van der Waals surface area contributed by atoms with Crippen molar-refractivity contribution in [3.05, 3.63) is 48.0 Å². The molecular formula is C27H33N7O3S. The summed E-state index contributed by atoms with van der Waals surface area (Å²) in [4.78, 5) is 44.7. The van der Waals surface area contributed by atoms with Crippen LogP contribution in [-0.2, 0) is 4.79 Å². The number of urea groups is 1. The number of carboxylic acid groups (broad SMARTS) is 1. The van der Waals surface area contributed by atoms with Crippen LogP contribution in [0, 0.1) is 17.3 Å². The molecule has 5 atom stereocenters. The van der Waals surface area contributed by atoms with E-state index < -0.39 is 11.4 Å². The molecule has 0 spiro atoms. The van der Waals surface area contributed by atoms with E-state index >= 15 is 0 Å². The van der Waals surface area contributed by atoms with Gasteiger partial charge in [-0.2, -0.15) is 0 Å². The Balaban J connectivity index is 1.37. The third kappa shape index (κ3) is 5.11. The Bertz CT molecular complexity index is 1260. The lowest BCUT2D eigenvalue weighted by atomic mass is 9.73. The maximum Gasteiger partial charge on any atom is 0.320 e. The van der Waals surface area contributed by atoms with Crippen LogP contribution in [0.3, 0.4) is 0 Å². The largest absolute Gasteiger partial charge is 0.481 e. The number of thioether (sulfide) groups is 1. The Hall–Kier alpha value is -3.47. The molecule has 200 valence electrons. The molecule has 38 heavy (non-hydrogen) atoms.